The van der Waals surface area contributed by atoms with E-state index in [4.69, 9.17) is 4.42 Å². The average Bonchev–Trinajstić information content (AvgIpc) is 3.91. The van der Waals surface area contributed by atoms with E-state index in [9.17, 15) is 0 Å². The van der Waals surface area contributed by atoms with E-state index in [1.165, 1.54) is 85.8 Å². The number of furan rings is 1. The van der Waals surface area contributed by atoms with Gasteiger partial charge in [0.15, 0.2) is 0 Å². The Labute approximate surface area is 355 Å². The maximum absolute atomic E-state index is 6.43. The van der Waals surface area contributed by atoms with Crippen LogP contribution in [0.4, 0.5) is 17.1 Å². The lowest BCUT2D eigenvalue weighted by molar-refractivity contribution is 0.672. The van der Waals surface area contributed by atoms with Crippen molar-refractivity contribution in [2.45, 2.75) is 0 Å². The van der Waals surface area contributed by atoms with Gasteiger partial charge in [-0.05, 0) is 115 Å². The van der Waals surface area contributed by atoms with E-state index < -0.39 is 0 Å². The second-order valence-electron chi connectivity index (χ2n) is 16.1. The van der Waals surface area contributed by atoms with Gasteiger partial charge in [0.1, 0.15) is 11.2 Å². The fraction of sp³-hybridized carbons (Fsp3) is 0. The van der Waals surface area contributed by atoms with Crippen LogP contribution >= 0.6 is 11.3 Å². The largest absolute Gasteiger partial charge is 0.455 e. The van der Waals surface area contributed by atoms with Gasteiger partial charge < -0.3 is 9.32 Å². The molecule has 0 amide bonds. The summed E-state index contributed by atoms with van der Waals surface area (Å²) in [6, 6.07) is 77.6. The normalized spacial score (nSPS) is 11.9. The SMILES string of the molecule is c1ccc(-c2cccc(N(c3ccc4c(ccc5cc(-c6ccc7oc8c9ccccc9ccc8c7c6)ccc54)c3)c3cccc4c3sc3c5ccccc5ccc43)c2)cc1. The first-order valence-electron chi connectivity index (χ1n) is 20.8. The molecule has 0 bridgehead atoms. The molecule has 0 spiro atoms. The van der Waals surface area contributed by atoms with E-state index in [2.05, 4.69) is 217 Å². The Balaban J connectivity index is 0.949. The van der Waals surface area contributed by atoms with Gasteiger partial charge in [-0.3, -0.25) is 0 Å². The van der Waals surface area contributed by atoms with Crippen LogP contribution in [0.2, 0.25) is 0 Å². The van der Waals surface area contributed by atoms with Crippen LogP contribution in [0.1, 0.15) is 0 Å². The van der Waals surface area contributed by atoms with Crippen molar-refractivity contribution >= 4 is 114 Å². The predicted octanol–water partition coefficient (Wildman–Crippen LogP) is 17.4. The third-order valence-electron chi connectivity index (χ3n) is 12.6. The van der Waals surface area contributed by atoms with E-state index in [0.29, 0.717) is 0 Å². The molecule has 0 aliphatic heterocycles. The second-order valence-corrected chi connectivity index (χ2v) is 17.1. The molecule has 0 radical (unpaired) electrons. The molecule has 13 aromatic rings. The summed E-state index contributed by atoms with van der Waals surface area (Å²) in [4.78, 5) is 2.46. The predicted molar refractivity (Wildman–Crippen MR) is 262 cm³/mol. The zero-order valence-electron chi connectivity index (χ0n) is 33.0. The second kappa shape index (κ2) is 13.4. The van der Waals surface area contributed by atoms with Gasteiger partial charge in [-0.1, -0.05) is 158 Å². The minimum atomic E-state index is 0.913. The Bertz CT molecular complexity index is 3890. The summed E-state index contributed by atoms with van der Waals surface area (Å²) in [7, 11) is 0. The van der Waals surface area contributed by atoms with Gasteiger partial charge in [-0.25, -0.2) is 0 Å². The number of hydrogen-bond donors (Lipinski definition) is 0. The molecule has 13 rings (SSSR count). The summed E-state index contributed by atoms with van der Waals surface area (Å²) in [5.41, 5.74) is 10.0. The molecule has 3 heteroatoms. The lowest BCUT2D eigenvalue weighted by Gasteiger charge is -2.27. The van der Waals surface area contributed by atoms with Crippen molar-refractivity contribution in [3.8, 4) is 22.3 Å². The number of rotatable bonds is 5. The smallest absolute Gasteiger partial charge is 0.143 e. The first kappa shape index (κ1) is 34.2. The molecular formula is C58H35NOS. The van der Waals surface area contributed by atoms with Crippen molar-refractivity contribution in [1.29, 1.82) is 0 Å². The highest BCUT2D eigenvalue weighted by Gasteiger charge is 2.20. The van der Waals surface area contributed by atoms with E-state index in [-0.39, 0.29) is 0 Å². The van der Waals surface area contributed by atoms with Crippen molar-refractivity contribution < 1.29 is 4.42 Å². The van der Waals surface area contributed by atoms with Gasteiger partial charge in [0.05, 0.1) is 10.4 Å². The first-order chi connectivity index (χ1) is 30.2. The van der Waals surface area contributed by atoms with Crippen molar-refractivity contribution in [2.24, 2.45) is 0 Å². The lowest BCUT2D eigenvalue weighted by atomic mass is 9.96. The van der Waals surface area contributed by atoms with Crippen LogP contribution in [0.3, 0.4) is 0 Å². The van der Waals surface area contributed by atoms with Gasteiger partial charge in [0, 0.05) is 43.0 Å². The molecule has 0 saturated heterocycles. The molecule has 2 aromatic heterocycles. The molecule has 0 saturated carbocycles. The van der Waals surface area contributed by atoms with Crippen LogP contribution in [0.5, 0.6) is 0 Å². The highest BCUT2D eigenvalue weighted by atomic mass is 32.1. The highest BCUT2D eigenvalue weighted by molar-refractivity contribution is 7.27. The van der Waals surface area contributed by atoms with Crippen molar-refractivity contribution in [3.05, 3.63) is 212 Å². The molecule has 61 heavy (non-hydrogen) atoms. The Morgan fingerprint density at radius 3 is 1.77 bits per heavy atom. The summed E-state index contributed by atoms with van der Waals surface area (Å²) in [5, 5.41) is 14.7. The number of fused-ring (bicyclic) bond motifs is 13. The number of nitrogens with zero attached hydrogens (tertiary/aromatic N) is 1. The molecule has 11 aromatic carbocycles. The molecular weight excluding hydrogens is 759 g/mol. The fourth-order valence-electron chi connectivity index (χ4n) is 9.63. The maximum Gasteiger partial charge on any atom is 0.143 e. The van der Waals surface area contributed by atoms with E-state index >= 15 is 0 Å². The number of benzene rings is 11. The number of anilines is 3. The zero-order chi connectivity index (χ0) is 40.0. The van der Waals surface area contributed by atoms with Crippen molar-refractivity contribution in [2.75, 3.05) is 4.90 Å². The van der Waals surface area contributed by atoms with Crippen molar-refractivity contribution in [1.82, 2.24) is 0 Å². The van der Waals surface area contributed by atoms with E-state index in [1.54, 1.807) is 0 Å². The molecule has 0 N–H and O–H groups in total. The van der Waals surface area contributed by atoms with Crippen molar-refractivity contribution in [3.63, 3.8) is 0 Å². The molecule has 0 fully saturated rings. The summed E-state index contributed by atoms with van der Waals surface area (Å²) in [6.45, 7) is 0. The highest BCUT2D eigenvalue weighted by Crippen LogP contribution is 2.47. The summed E-state index contributed by atoms with van der Waals surface area (Å²) >= 11 is 1.90. The molecule has 0 aliphatic rings. The van der Waals surface area contributed by atoms with Gasteiger partial charge in [-0.2, -0.15) is 0 Å². The first-order valence-corrected chi connectivity index (χ1v) is 21.6. The van der Waals surface area contributed by atoms with Gasteiger partial charge in [0.2, 0.25) is 0 Å². The van der Waals surface area contributed by atoms with E-state index in [1.807, 2.05) is 11.3 Å². The standard InChI is InChI=1S/C58H35NOS/c1-2-10-36(11-3-1)39-14-8-15-44(33-39)59(54-19-9-18-51-52-29-23-38-13-5-7-17-49(38)57(52)61-58(51)54)45-26-30-47-43(34-45)21-20-42-32-40(24-27-46(42)47)41-25-31-55-53(35-41)50-28-22-37-12-4-6-16-48(37)56(50)60-55/h1-35H. The molecule has 0 unspecified atom stereocenters. The fourth-order valence-corrected chi connectivity index (χ4v) is 11.0. The Morgan fingerprint density at radius 1 is 0.311 bits per heavy atom. The summed E-state index contributed by atoms with van der Waals surface area (Å²) < 4.78 is 9.04. The maximum atomic E-state index is 6.43. The number of thiophene rings is 1. The minimum absolute atomic E-state index is 0.913. The Hall–Kier alpha value is -7.72. The topological polar surface area (TPSA) is 16.4 Å². The number of hydrogen-bond acceptors (Lipinski definition) is 3. The monoisotopic (exact) mass is 793 g/mol. The van der Waals surface area contributed by atoms with E-state index in [0.717, 1.165) is 38.7 Å². The Kier molecular flexibility index (Phi) is 7.51. The summed E-state index contributed by atoms with van der Waals surface area (Å²) in [6.07, 6.45) is 0. The van der Waals surface area contributed by atoms with Crippen LogP contribution in [0, 0.1) is 0 Å². The van der Waals surface area contributed by atoms with Crippen LogP contribution in [0.25, 0.3) is 107 Å². The molecule has 0 atom stereocenters. The van der Waals surface area contributed by atoms with Crippen LogP contribution in [0.15, 0.2) is 217 Å². The van der Waals surface area contributed by atoms with Gasteiger partial charge >= 0.3 is 0 Å². The molecule has 0 aliphatic carbocycles. The third-order valence-corrected chi connectivity index (χ3v) is 13.9. The van der Waals surface area contributed by atoms with Crippen LogP contribution in [-0.2, 0) is 0 Å². The molecule has 2 heterocycles. The van der Waals surface area contributed by atoms with Crippen LogP contribution in [-0.4, -0.2) is 0 Å². The Morgan fingerprint density at radius 2 is 0.902 bits per heavy atom. The molecule has 284 valence electrons. The van der Waals surface area contributed by atoms with Crippen LogP contribution < -0.4 is 4.90 Å². The molecule has 2 nitrogen and oxygen atoms in total. The third kappa shape index (κ3) is 5.41. The quantitative estimate of drug-likeness (QED) is 0.161. The van der Waals surface area contributed by atoms with Gasteiger partial charge in [0.25, 0.3) is 0 Å². The average molecular weight is 794 g/mol. The minimum Gasteiger partial charge on any atom is -0.455 e. The lowest BCUT2D eigenvalue weighted by Crippen LogP contribution is -2.10. The zero-order valence-corrected chi connectivity index (χ0v) is 33.8. The van der Waals surface area contributed by atoms with Gasteiger partial charge in [-0.15, -0.1) is 11.3 Å². The summed E-state index contributed by atoms with van der Waals surface area (Å²) in [5.74, 6) is 0.